The standard InChI is InChI=1S/C25H31N5O/c1-29-24(17-30-10-3-2-4-11-30)22(16-28-29)18-7-8-19-15-27-21(13-20(19)12-18)14-25(31)23-6-5-9-26-23/h7-8,12-13,15-16,23,26H,2-6,9-11,14,17H2,1H3/t23-/m1/s1. The predicted molar refractivity (Wildman–Crippen MR) is 123 cm³/mol. The predicted octanol–water partition coefficient (Wildman–Crippen LogP) is 3.48. The van der Waals surface area contributed by atoms with E-state index < -0.39 is 0 Å². The second-order valence-electron chi connectivity index (χ2n) is 8.99. The molecule has 0 amide bonds. The van der Waals surface area contributed by atoms with Crippen LogP contribution in [-0.4, -0.2) is 51.1 Å². The van der Waals surface area contributed by atoms with Crippen LogP contribution in [0.5, 0.6) is 0 Å². The molecule has 1 atom stereocenters. The quantitative estimate of drug-likeness (QED) is 0.665. The second kappa shape index (κ2) is 8.89. The summed E-state index contributed by atoms with van der Waals surface area (Å²) in [5.74, 6) is 0.247. The van der Waals surface area contributed by atoms with Crippen molar-refractivity contribution < 1.29 is 4.79 Å². The molecule has 0 radical (unpaired) electrons. The molecule has 1 aromatic carbocycles. The maximum absolute atomic E-state index is 12.6. The van der Waals surface area contributed by atoms with Gasteiger partial charge < -0.3 is 5.32 Å². The summed E-state index contributed by atoms with van der Waals surface area (Å²) in [5, 5.41) is 10.1. The Labute approximate surface area is 183 Å². The van der Waals surface area contributed by atoms with E-state index in [1.807, 2.05) is 24.1 Å². The SMILES string of the molecule is Cn1ncc(-c2ccc3cnc(CC(=O)[C@H]4CCCN4)cc3c2)c1CN1CCCCC1. The molecule has 5 rings (SSSR count). The van der Waals surface area contributed by atoms with E-state index in [1.54, 1.807) is 0 Å². The van der Waals surface area contributed by atoms with Crippen LogP contribution in [0.4, 0.5) is 0 Å². The molecule has 0 unspecified atom stereocenters. The van der Waals surface area contributed by atoms with Crippen LogP contribution in [0.2, 0.25) is 0 Å². The second-order valence-corrected chi connectivity index (χ2v) is 8.99. The van der Waals surface area contributed by atoms with Gasteiger partial charge >= 0.3 is 0 Å². The molecule has 0 saturated carbocycles. The number of rotatable bonds is 6. The van der Waals surface area contributed by atoms with Gasteiger partial charge in [0.15, 0.2) is 5.78 Å². The zero-order valence-electron chi connectivity index (χ0n) is 18.3. The maximum atomic E-state index is 12.6. The highest BCUT2D eigenvalue weighted by Crippen LogP contribution is 2.29. The van der Waals surface area contributed by atoms with Crippen LogP contribution in [0.15, 0.2) is 36.7 Å². The first-order valence-corrected chi connectivity index (χ1v) is 11.6. The minimum absolute atomic E-state index is 0.00318. The molecule has 0 bridgehead atoms. The number of piperidine rings is 1. The van der Waals surface area contributed by atoms with Crippen LogP contribution in [0.3, 0.4) is 0 Å². The number of nitrogens with one attached hydrogen (secondary N) is 1. The maximum Gasteiger partial charge on any atom is 0.155 e. The monoisotopic (exact) mass is 417 g/mol. The number of nitrogens with zero attached hydrogens (tertiary/aromatic N) is 4. The van der Waals surface area contributed by atoms with E-state index in [2.05, 4.69) is 44.6 Å². The Hall–Kier alpha value is -2.57. The lowest BCUT2D eigenvalue weighted by Crippen LogP contribution is -2.32. The van der Waals surface area contributed by atoms with Gasteiger partial charge in [-0.3, -0.25) is 19.4 Å². The molecule has 6 nitrogen and oxygen atoms in total. The van der Waals surface area contributed by atoms with Gasteiger partial charge in [0.2, 0.25) is 0 Å². The summed E-state index contributed by atoms with van der Waals surface area (Å²) < 4.78 is 2.01. The van der Waals surface area contributed by atoms with Crippen LogP contribution < -0.4 is 5.32 Å². The number of benzene rings is 1. The number of hydrogen-bond donors (Lipinski definition) is 1. The molecular weight excluding hydrogens is 386 g/mol. The zero-order valence-corrected chi connectivity index (χ0v) is 18.3. The summed E-state index contributed by atoms with van der Waals surface area (Å²) in [7, 11) is 2.04. The first-order chi connectivity index (χ1) is 15.2. The molecule has 2 aromatic heterocycles. The minimum Gasteiger partial charge on any atom is -0.307 e. The number of aromatic nitrogens is 3. The summed E-state index contributed by atoms with van der Waals surface area (Å²) in [6, 6.07) is 8.58. The van der Waals surface area contributed by atoms with E-state index in [1.165, 1.54) is 49.2 Å². The van der Waals surface area contributed by atoms with E-state index in [0.717, 1.165) is 42.4 Å². The molecule has 2 fully saturated rings. The van der Waals surface area contributed by atoms with E-state index >= 15 is 0 Å². The first-order valence-electron chi connectivity index (χ1n) is 11.6. The van der Waals surface area contributed by atoms with Crippen molar-refractivity contribution in [2.45, 2.75) is 51.1 Å². The van der Waals surface area contributed by atoms with Crippen molar-refractivity contribution in [2.24, 2.45) is 7.05 Å². The van der Waals surface area contributed by atoms with E-state index in [9.17, 15) is 4.79 Å². The molecule has 0 spiro atoms. The largest absolute Gasteiger partial charge is 0.307 e. The summed E-state index contributed by atoms with van der Waals surface area (Å²) in [6.45, 7) is 4.21. The highest BCUT2D eigenvalue weighted by molar-refractivity contribution is 5.90. The van der Waals surface area contributed by atoms with Gasteiger partial charge in [0.1, 0.15) is 0 Å². The zero-order chi connectivity index (χ0) is 21.2. The molecule has 1 N–H and O–H groups in total. The van der Waals surface area contributed by atoms with Crippen molar-refractivity contribution in [3.05, 3.63) is 48.0 Å². The fourth-order valence-corrected chi connectivity index (χ4v) is 4.93. The van der Waals surface area contributed by atoms with Gasteiger partial charge in [-0.05, 0) is 68.4 Å². The highest BCUT2D eigenvalue weighted by Gasteiger charge is 2.22. The molecular formula is C25H31N5O. The van der Waals surface area contributed by atoms with Crippen molar-refractivity contribution >= 4 is 16.6 Å². The number of carbonyl (C=O) groups is 1. The van der Waals surface area contributed by atoms with Gasteiger partial charge in [0.25, 0.3) is 0 Å². The molecule has 31 heavy (non-hydrogen) atoms. The lowest BCUT2D eigenvalue weighted by Gasteiger charge is -2.26. The van der Waals surface area contributed by atoms with E-state index in [-0.39, 0.29) is 11.8 Å². The Morgan fingerprint density at radius 2 is 1.97 bits per heavy atom. The Morgan fingerprint density at radius 3 is 2.77 bits per heavy atom. The summed E-state index contributed by atoms with van der Waals surface area (Å²) >= 11 is 0. The fourth-order valence-electron chi connectivity index (χ4n) is 4.93. The summed E-state index contributed by atoms with van der Waals surface area (Å²) in [6.07, 6.45) is 10.2. The fraction of sp³-hybridized carbons (Fsp3) is 0.480. The topological polar surface area (TPSA) is 63.1 Å². The van der Waals surface area contributed by atoms with Crippen LogP contribution in [-0.2, 0) is 24.8 Å². The summed E-state index contributed by atoms with van der Waals surface area (Å²) in [4.78, 5) is 19.6. The number of hydrogen-bond acceptors (Lipinski definition) is 5. The van der Waals surface area contributed by atoms with Gasteiger partial charge in [-0.2, -0.15) is 5.10 Å². The number of likely N-dealkylation sites (tertiary alicyclic amines) is 1. The average molecular weight is 418 g/mol. The third-order valence-corrected chi connectivity index (χ3v) is 6.78. The molecule has 2 aliphatic rings. The molecule has 2 aliphatic heterocycles. The van der Waals surface area contributed by atoms with Gasteiger partial charge in [-0.1, -0.05) is 18.6 Å². The van der Waals surface area contributed by atoms with Crippen LogP contribution in [0.25, 0.3) is 21.9 Å². The molecule has 162 valence electrons. The van der Waals surface area contributed by atoms with Crippen molar-refractivity contribution in [3.63, 3.8) is 0 Å². The number of carbonyl (C=O) groups excluding carboxylic acids is 1. The number of fused-ring (bicyclic) bond motifs is 1. The molecule has 4 heterocycles. The van der Waals surface area contributed by atoms with Crippen LogP contribution >= 0.6 is 0 Å². The van der Waals surface area contributed by atoms with Crippen LogP contribution in [0, 0.1) is 0 Å². The number of aryl methyl sites for hydroxylation is 1. The van der Waals surface area contributed by atoms with Gasteiger partial charge in [0, 0.05) is 36.4 Å². The van der Waals surface area contributed by atoms with Crippen molar-refractivity contribution in [2.75, 3.05) is 19.6 Å². The van der Waals surface area contributed by atoms with E-state index in [0.29, 0.717) is 6.42 Å². The molecule has 6 heteroatoms. The molecule has 0 aliphatic carbocycles. The molecule has 2 saturated heterocycles. The van der Waals surface area contributed by atoms with Gasteiger partial charge in [-0.15, -0.1) is 0 Å². The Kier molecular flexibility index (Phi) is 5.83. The summed E-state index contributed by atoms with van der Waals surface area (Å²) in [5.41, 5.74) is 4.48. The Balaban J connectivity index is 1.41. The van der Waals surface area contributed by atoms with E-state index in [4.69, 9.17) is 0 Å². The number of pyridine rings is 1. The van der Waals surface area contributed by atoms with Crippen molar-refractivity contribution in [1.82, 2.24) is 25.0 Å². The smallest absolute Gasteiger partial charge is 0.155 e. The lowest BCUT2D eigenvalue weighted by atomic mass is 10.00. The molecule has 3 aromatic rings. The number of ketones is 1. The van der Waals surface area contributed by atoms with Gasteiger partial charge in [-0.25, -0.2) is 0 Å². The normalized spacial score (nSPS) is 19.8. The third kappa shape index (κ3) is 4.41. The first kappa shape index (κ1) is 20.3. The minimum atomic E-state index is -0.00318. The van der Waals surface area contributed by atoms with Crippen LogP contribution in [0.1, 0.15) is 43.5 Å². The van der Waals surface area contributed by atoms with Crippen molar-refractivity contribution in [3.8, 4) is 11.1 Å². The highest BCUT2D eigenvalue weighted by atomic mass is 16.1. The van der Waals surface area contributed by atoms with Crippen molar-refractivity contribution in [1.29, 1.82) is 0 Å². The Morgan fingerprint density at radius 1 is 1.10 bits per heavy atom. The average Bonchev–Trinajstić information content (AvgIpc) is 3.45. The lowest BCUT2D eigenvalue weighted by molar-refractivity contribution is -0.120. The van der Waals surface area contributed by atoms with Gasteiger partial charge in [0.05, 0.1) is 24.4 Å². The Bertz CT molecular complexity index is 1080. The third-order valence-electron chi connectivity index (χ3n) is 6.78. The number of Topliss-reactive ketones (excluding diaryl/α,β-unsaturated/α-hetero) is 1.